The van der Waals surface area contributed by atoms with Crippen molar-refractivity contribution in [3.05, 3.63) is 64.7 Å². The van der Waals surface area contributed by atoms with Gasteiger partial charge in [0.15, 0.2) is 0 Å². The lowest BCUT2D eigenvalue weighted by atomic mass is 10.1. The number of rotatable bonds is 6. The van der Waals surface area contributed by atoms with E-state index in [-0.39, 0.29) is 11.8 Å². The number of amides is 2. The number of nitrogens with zero attached hydrogens (tertiary/aromatic N) is 1. The summed E-state index contributed by atoms with van der Waals surface area (Å²) in [5.74, 6) is -0.576. The Morgan fingerprint density at radius 3 is 2.37 bits per heavy atom. The first-order chi connectivity index (χ1) is 13.1. The molecule has 0 radical (unpaired) electrons. The van der Waals surface area contributed by atoms with Crippen molar-refractivity contribution in [3.8, 4) is 0 Å². The fraction of sp³-hybridized carbons (Fsp3) is 0.300. The molecule has 2 N–H and O–H groups in total. The fourth-order valence-corrected chi connectivity index (χ4v) is 3.09. The zero-order chi connectivity index (χ0) is 19.1. The molecule has 1 aliphatic rings. The lowest BCUT2D eigenvalue weighted by molar-refractivity contribution is 0.0383. The van der Waals surface area contributed by atoms with Gasteiger partial charge in [0.05, 0.1) is 35.1 Å². The van der Waals surface area contributed by atoms with Gasteiger partial charge in [0.1, 0.15) is 0 Å². The van der Waals surface area contributed by atoms with Crippen LogP contribution in [-0.4, -0.2) is 56.1 Å². The monoisotopic (exact) mass is 387 g/mol. The molecule has 0 bridgehead atoms. The van der Waals surface area contributed by atoms with Gasteiger partial charge in [-0.1, -0.05) is 35.9 Å². The van der Waals surface area contributed by atoms with Crippen molar-refractivity contribution in [2.24, 2.45) is 0 Å². The number of ether oxygens (including phenoxy) is 1. The third kappa shape index (κ3) is 5.29. The van der Waals surface area contributed by atoms with Crippen LogP contribution in [0.15, 0.2) is 48.5 Å². The average molecular weight is 388 g/mol. The molecular weight excluding hydrogens is 366 g/mol. The predicted molar refractivity (Wildman–Crippen MR) is 105 cm³/mol. The van der Waals surface area contributed by atoms with Crippen LogP contribution >= 0.6 is 11.6 Å². The second-order valence-electron chi connectivity index (χ2n) is 6.19. The van der Waals surface area contributed by atoms with Crippen molar-refractivity contribution >= 4 is 29.1 Å². The van der Waals surface area contributed by atoms with E-state index >= 15 is 0 Å². The minimum atomic E-state index is -0.353. The van der Waals surface area contributed by atoms with Gasteiger partial charge in [0, 0.05) is 26.2 Å². The van der Waals surface area contributed by atoms with Gasteiger partial charge in [-0.15, -0.1) is 0 Å². The van der Waals surface area contributed by atoms with E-state index in [1.54, 1.807) is 48.5 Å². The van der Waals surface area contributed by atoms with Crippen molar-refractivity contribution in [3.63, 3.8) is 0 Å². The molecule has 142 valence electrons. The van der Waals surface area contributed by atoms with Crippen molar-refractivity contribution in [1.82, 2.24) is 10.2 Å². The minimum Gasteiger partial charge on any atom is -0.379 e. The van der Waals surface area contributed by atoms with E-state index in [4.69, 9.17) is 16.3 Å². The summed E-state index contributed by atoms with van der Waals surface area (Å²) >= 11 is 6.08. The lowest BCUT2D eigenvalue weighted by Crippen LogP contribution is -2.41. The zero-order valence-electron chi connectivity index (χ0n) is 14.9. The summed E-state index contributed by atoms with van der Waals surface area (Å²) in [5, 5.41) is 6.05. The Morgan fingerprint density at radius 2 is 1.63 bits per heavy atom. The highest BCUT2D eigenvalue weighted by Gasteiger charge is 2.16. The fourth-order valence-electron chi connectivity index (χ4n) is 2.87. The number of para-hydroxylation sites is 1. The number of benzene rings is 2. The summed E-state index contributed by atoms with van der Waals surface area (Å²) < 4.78 is 5.32. The molecule has 1 fully saturated rings. The summed E-state index contributed by atoms with van der Waals surface area (Å²) in [7, 11) is 0. The van der Waals surface area contributed by atoms with Crippen molar-refractivity contribution in [2.45, 2.75) is 0 Å². The van der Waals surface area contributed by atoms with Gasteiger partial charge in [-0.2, -0.15) is 0 Å². The quantitative estimate of drug-likeness (QED) is 0.799. The molecule has 1 heterocycles. The Kier molecular flexibility index (Phi) is 6.81. The Hall–Kier alpha value is -2.41. The molecule has 0 atom stereocenters. The standard InChI is InChI=1S/C20H22ClN3O3/c21-17-7-3-1-5-15(17)20(26)23-18-8-4-2-6-16(18)19(25)22-9-10-24-11-13-27-14-12-24/h1-8H,9-14H2,(H,22,25)(H,23,26). The number of halogens is 1. The Labute approximate surface area is 163 Å². The molecule has 2 aromatic carbocycles. The second kappa shape index (κ2) is 9.50. The molecular formula is C20H22ClN3O3. The molecule has 3 rings (SSSR count). The van der Waals surface area contributed by atoms with Gasteiger partial charge < -0.3 is 15.4 Å². The Morgan fingerprint density at radius 1 is 0.963 bits per heavy atom. The summed E-state index contributed by atoms with van der Waals surface area (Å²) in [6.45, 7) is 4.51. The third-order valence-corrected chi connectivity index (χ3v) is 4.69. The Bertz CT molecular complexity index is 807. The van der Waals surface area contributed by atoms with Gasteiger partial charge >= 0.3 is 0 Å². The number of carbonyl (C=O) groups is 2. The van der Waals surface area contributed by atoms with Crippen LogP contribution in [0.25, 0.3) is 0 Å². The summed E-state index contributed by atoms with van der Waals surface area (Å²) in [6, 6.07) is 13.7. The maximum Gasteiger partial charge on any atom is 0.257 e. The minimum absolute atomic E-state index is 0.224. The highest BCUT2D eigenvalue weighted by Crippen LogP contribution is 2.19. The van der Waals surface area contributed by atoms with Crippen molar-refractivity contribution < 1.29 is 14.3 Å². The molecule has 27 heavy (non-hydrogen) atoms. The molecule has 0 saturated carbocycles. The summed E-state index contributed by atoms with van der Waals surface area (Å²) in [5.41, 5.74) is 1.23. The van der Waals surface area contributed by atoms with E-state index in [0.717, 1.165) is 32.8 Å². The first kappa shape index (κ1) is 19.4. The summed E-state index contributed by atoms with van der Waals surface area (Å²) in [4.78, 5) is 27.3. The Balaban J connectivity index is 1.62. The van der Waals surface area contributed by atoms with Crippen molar-refractivity contribution in [2.75, 3.05) is 44.7 Å². The second-order valence-corrected chi connectivity index (χ2v) is 6.60. The predicted octanol–water partition coefficient (Wildman–Crippen LogP) is 2.65. The van der Waals surface area contributed by atoms with Crippen LogP contribution < -0.4 is 10.6 Å². The van der Waals surface area contributed by atoms with Crippen LogP contribution in [0, 0.1) is 0 Å². The van der Waals surface area contributed by atoms with Crippen LogP contribution in [0.2, 0.25) is 5.02 Å². The van der Waals surface area contributed by atoms with Crippen LogP contribution in [-0.2, 0) is 4.74 Å². The lowest BCUT2D eigenvalue weighted by Gasteiger charge is -2.26. The molecule has 0 unspecified atom stereocenters. The number of anilines is 1. The van der Waals surface area contributed by atoms with Crippen LogP contribution in [0.3, 0.4) is 0 Å². The number of hydrogen-bond donors (Lipinski definition) is 2. The molecule has 1 saturated heterocycles. The zero-order valence-corrected chi connectivity index (χ0v) is 15.7. The molecule has 0 aromatic heterocycles. The number of nitrogens with one attached hydrogen (secondary N) is 2. The SMILES string of the molecule is O=C(Nc1ccccc1C(=O)NCCN1CCOCC1)c1ccccc1Cl. The first-order valence-corrected chi connectivity index (χ1v) is 9.26. The van der Waals surface area contributed by atoms with Gasteiger partial charge in [0.25, 0.3) is 11.8 Å². The van der Waals surface area contributed by atoms with E-state index in [0.29, 0.717) is 28.4 Å². The van der Waals surface area contributed by atoms with E-state index in [1.165, 1.54) is 0 Å². The maximum absolute atomic E-state index is 12.6. The van der Waals surface area contributed by atoms with Crippen LogP contribution in [0.5, 0.6) is 0 Å². The molecule has 0 aliphatic carbocycles. The van der Waals surface area contributed by atoms with Crippen molar-refractivity contribution in [1.29, 1.82) is 0 Å². The molecule has 2 aromatic rings. The molecule has 0 spiro atoms. The van der Waals surface area contributed by atoms with E-state index in [2.05, 4.69) is 15.5 Å². The first-order valence-electron chi connectivity index (χ1n) is 8.88. The van der Waals surface area contributed by atoms with Gasteiger partial charge in [-0.25, -0.2) is 0 Å². The van der Waals surface area contributed by atoms with Crippen LogP contribution in [0.1, 0.15) is 20.7 Å². The third-order valence-electron chi connectivity index (χ3n) is 4.36. The van der Waals surface area contributed by atoms with E-state index < -0.39 is 0 Å². The highest BCUT2D eigenvalue weighted by atomic mass is 35.5. The van der Waals surface area contributed by atoms with Gasteiger partial charge in [0.2, 0.25) is 0 Å². The number of carbonyl (C=O) groups excluding carboxylic acids is 2. The number of morpholine rings is 1. The van der Waals surface area contributed by atoms with Gasteiger partial charge in [-0.3, -0.25) is 14.5 Å². The topological polar surface area (TPSA) is 70.7 Å². The molecule has 1 aliphatic heterocycles. The molecule has 6 nitrogen and oxygen atoms in total. The van der Waals surface area contributed by atoms with Gasteiger partial charge in [-0.05, 0) is 24.3 Å². The highest BCUT2D eigenvalue weighted by molar-refractivity contribution is 6.34. The van der Waals surface area contributed by atoms with E-state index in [9.17, 15) is 9.59 Å². The maximum atomic E-state index is 12.6. The average Bonchev–Trinajstić information content (AvgIpc) is 2.69. The van der Waals surface area contributed by atoms with Crippen LogP contribution in [0.4, 0.5) is 5.69 Å². The smallest absolute Gasteiger partial charge is 0.257 e. The largest absolute Gasteiger partial charge is 0.379 e. The molecule has 2 amide bonds. The number of hydrogen-bond acceptors (Lipinski definition) is 4. The molecule has 7 heteroatoms. The normalized spacial score (nSPS) is 14.6. The van der Waals surface area contributed by atoms with E-state index in [1.807, 2.05) is 0 Å². The summed E-state index contributed by atoms with van der Waals surface area (Å²) in [6.07, 6.45) is 0.